The van der Waals surface area contributed by atoms with Crippen molar-refractivity contribution in [2.45, 2.75) is 25.5 Å². The van der Waals surface area contributed by atoms with Crippen LogP contribution in [0.25, 0.3) is 0 Å². The summed E-state index contributed by atoms with van der Waals surface area (Å²) in [5, 5.41) is 16.8. The Morgan fingerprint density at radius 2 is 2.22 bits per heavy atom. The van der Waals surface area contributed by atoms with E-state index in [0.717, 1.165) is 0 Å². The number of aliphatic hydroxyl groups is 1. The van der Waals surface area contributed by atoms with Gasteiger partial charge in [0.05, 0.1) is 6.10 Å². The van der Waals surface area contributed by atoms with Gasteiger partial charge < -0.3 is 15.9 Å². The van der Waals surface area contributed by atoms with Gasteiger partial charge in [0.2, 0.25) is 0 Å². The summed E-state index contributed by atoms with van der Waals surface area (Å²) in [7, 11) is 0. The third-order valence-corrected chi connectivity index (χ3v) is 0.912. The molecule has 0 aromatic carbocycles. The van der Waals surface area contributed by atoms with Crippen LogP contribution in [-0.4, -0.2) is 28.3 Å². The van der Waals surface area contributed by atoms with E-state index in [4.69, 9.17) is 15.9 Å². The fraction of sp³-hybridized carbons (Fsp3) is 0.800. The maximum Gasteiger partial charge on any atom is 0.320 e. The largest absolute Gasteiger partial charge is 0.480 e. The molecule has 0 saturated heterocycles. The van der Waals surface area contributed by atoms with Gasteiger partial charge in [0.25, 0.3) is 0 Å². The number of aliphatic carboxylic acids is 1. The van der Waals surface area contributed by atoms with Crippen LogP contribution >= 0.6 is 0 Å². The molecule has 54 valence electrons. The molecule has 0 heterocycles. The van der Waals surface area contributed by atoms with Crippen molar-refractivity contribution in [1.29, 1.82) is 0 Å². The molecule has 0 aromatic rings. The van der Waals surface area contributed by atoms with E-state index in [2.05, 4.69) is 0 Å². The van der Waals surface area contributed by atoms with Crippen LogP contribution in [0.15, 0.2) is 0 Å². The normalized spacial score (nSPS) is 16.8. The van der Waals surface area contributed by atoms with Crippen LogP contribution in [0.5, 0.6) is 0 Å². The molecule has 0 unspecified atom stereocenters. The molecule has 4 heteroatoms. The van der Waals surface area contributed by atoms with Crippen molar-refractivity contribution >= 4 is 5.97 Å². The second-order valence-corrected chi connectivity index (χ2v) is 2.03. The minimum atomic E-state index is -1.07. The number of hydrogen-bond donors (Lipinski definition) is 3. The van der Waals surface area contributed by atoms with Crippen LogP contribution in [-0.2, 0) is 4.79 Å². The van der Waals surface area contributed by atoms with Gasteiger partial charge in [-0.15, -0.1) is 0 Å². The summed E-state index contributed by atoms with van der Waals surface area (Å²) in [5.74, 6) is -1.07. The van der Waals surface area contributed by atoms with E-state index in [9.17, 15) is 4.79 Å². The lowest BCUT2D eigenvalue weighted by Crippen LogP contribution is -2.33. The Labute approximate surface area is 53.3 Å². The van der Waals surface area contributed by atoms with Gasteiger partial charge in [-0.05, 0) is 13.3 Å². The number of aliphatic hydroxyl groups excluding tert-OH is 1. The number of nitrogens with two attached hydrogens (primary N) is 1. The second-order valence-electron chi connectivity index (χ2n) is 2.03. The monoisotopic (exact) mass is 133 g/mol. The molecule has 4 N–H and O–H groups in total. The minimum Gasteiger partial charge on any atom is -0.480 e. The Morgan fingerprint density at radius 3 is 2.33 bits per heavy atom. The molecule has 2 atom stereocenters. The molecule has 0 spiro atoms. The van der Waals surface area contributed by atoms with E-state index < -0.39 is 18.1 Å². The standard InChI is InChI=1S/C5H11NO3/c1-3(7)2-4(6)5(8)9/h3-4,7H,2,6H2,1H3,(H,8,9)/t3-,4-/m0/s1. The van der Waals surface area contributed by atoms with Gasteiger partial charge in [-0.2, -0.15) is 0 Å². The molecule has 4 nitrogen and oxygen atoms in total. The lowest BCUT2D eigenvalue weighted by atomic mass is 10.1. The maximum absolute atomic E-state index is 10.00. The molecule has 0 aliphatic rings. The van der Waals surface area contributed by atoms with Crippen LogP contribution in [0.1, 0.15) is 13.3 Å². The summed E-state index contributed by atoms with van der Waals surface area (Å²) < 4.78 is 0. The first kappa shape index (κ1) is 8.39. The van der Waals surface area contributed by atoms with Crippen molar-refractivity contribution in [3.63, 3.8) is 0 Å². The van der Waals surface area contributed by atoms with E-state index in [1.165, 1.54) is 6.92 Å². The second kappa shape index (κ2) is 3.42. The van der Waals surface area contributed by atoms with Gasteiger partial charge >= 0.3 is 5.97 Å². The smallest absolute Gasteiger partial charge is 0.320 e. The Balaban J connectivity index is 3.50. The van der Waals surface area contributed by atoms with Crippen LogP contribution in [0, 0.1) is 0 Å². The van der Waals surface area contributed by atoms with Crippen molar-refractivity contribution in [2.24, 2.45) is 5.73 Å². The minimum absolute atomic E-state index is 0.106. The first-order valence-electron chi connectivity index (χ1n) is 2.70. The van der Waals surface area contributed by atoms with E-state index in [0.29, 0.717) is 0 Å². The highest BCUT2D eigenvalue weighted by Gasteiger charge is 2.12. The molecule has 0 fully saturated rings. The van der Waals surface area contributed by atoms with E-state index in [1.807, 2.05) is 0 Å². The van der Waals surface area contributed by atoms with Crippen molar-refractivity contribution < 1.29 is 15.0 Å². The Bertz CT molecular complexity index is 102. The van der Waals surface area contributed by atoms with E-state index in [1.54, 1.807) is 0 Å². The van der Waals surface area contributed by atoms with Crippen molar-refractivity contribution in [3.05, 3.63) is 0 Å². The highest BCUT2D eigenvalue weighted by Crippen LogP contribution is 1.93. The van der Waals surface area contributed by atoms with Gasteiger partial charge in [0.15, 0.2) is 0 Å². The van der Waals surface area contributed by atoms with Crippen LogP contribution in [0.4, 0.5) is 0 Å². The van der Waals surface area contributed by atoms with Crippen molar-refractivity contribution in [1.82, 2.24) is 0 Å². The molecule has 0 bridgehead atoms. The predicted molar refractivity (Wildman–Crippen MR) is 31.9 cm³/mol. The van der Waals surface area contributed by atoms with Gasteiger partial charge in [0.1, 0.15) is 6.04 Å². The molecular formula is C5H11NO3. The summed E-state index contributed by atoms with van der Waals surface area (Å²) in [6, 6.07) is -0.940. The fourth-order valence-electron chi connectivity index (χ4n) is 0.468. The molecule has 0 aliphatic carbocycles. The average molecular weight is 133 g/mol. The first-order chi connectivity index (χ1) is 4.04. The molecule has 9 heavy (non-hydrogen) atoms. The quantitative estimate of drug-likeness (QED) is 0.469. The molecular weight excluding hydrogens is 122 g/mol. The summed E-state index contributed by atoms with van der Waals surface area (Å²) in [6.07, 6.45) is -0.536. The lowest BCUT2D eigenvalue weighted by molar-refractivity contribution is -0.139. The molecule has 0 aliphatic heterocycles. The van der Waals surface area contributed by atoms with Crippen LogP contribution < -0.4 is 5.73 Å². The Morgan fingerprint density at radius 1 is 1.78 bits per heavy atom. The molecule has 0 radical (unpaired) electrons. The lowest BCUT2D eigenvalue weighted by Gasteiger charge is -2.06. The third-order valence-electron chi connectivity index (χ3n) is 0.912. The molecule has 0 amide bonds. The number of carboxylic acid groups (broad SMARTS) is 1. The summed E-state index contributed by atoms with van der Waals surface area (Å²) in [4.78, 5) is 10.00. The molecule has 0 saturated carbocycles. The number of rotatable bonds is 3. The van der Waals surface area contributed by atoms with Gasteiger partial charge in [-0.3, -0.25) is 4.79 Å². The van der Waals surface area contributed by atoms with E-state index >= 15 is 0 Å². The zero-order valence-corrected chi connectivity index (χ0v) is 5.24. The highest BCUT2D eigenvalue weighted by atomic mass is 16.4. The third kappa shape index (κ3) is 3.93. The average Bonchev–Trinajstić information content (AvgIpc) is 1.63. The van der Waals surface area contributed by atoms with Crippen LogP contribution in [0.3, 0.4) is 0 Å². The summed E-state index contributed by atoms with van der Waals surface area (Å²) in [6.45, 7) is 1.50. The van der Waals surface area contributed by atoms with Gasteiger partial charge in [0, 0.05) is 0 Å². The van der Waals surface area contributed by atoms with Crippen LogP contribution in [0.2, 0.25) is 0 Å². The summed E-state index contributed by atoms with van der Waals surface area (Å²) >= 11 is 0. The van der Waals surface area contributed by atoms with Gasteiger partial charge in [-0.25, -0.2) is 0 Å². The molecule has 0 aromatic heterocycles. The van der Waals surface area contributed by atoms with Gasteiger partial charge in [-0.1, -0.05) is 0 Å². The number of hydrogen-bond acceptors (Lipinski definition) is 3. The highest BCUT2D eigenvalue weighted by molar-refractivity contribution is 5.73. The number of carbonyl (C=O) groups is 1. The Hall–Kier alpha value is -0.610. The maximum atomic E-state index is 10.00. The van der Waals surface area contributed by atoms with Crippen molar-refractivity contribution in [2.75, 3.05) is 0 Å². The summed E-state index contributed by atoms with van der Waals surface area (Å²) in [5.41, 5.74) is 5.06. The number of carboxylic acids is 1. The Kier molecular flexibility index (Phi) is 3.19. The zero-order valence-electron chi connectivity index (χ0n) is 5.24. The fourth-order valence-corrected chi connectivity index (χ4v) is 0.468. The SMILES string of the molecule is C[C@H](O)C[C@H](N)C(=O)O. The first-order valence-corrected chi connectivity index (χ1v) is 2.70. The van der Waals surface area contributed by atoms with Crippen molar-refractivity contribution in [3.8, 4) is 0 Å². The molecule has 0 rings (SSSR count). The topological polar surface area (TPSA) is 83.5 Å². The predicted octanol–water partition coefficient (Wildman–Crippen LogP) is -0.831. The zero-order chi connectivity index (χ0) is 7.44. The van der Waals surface area contributed by atoms with E-state index in [-0.39, 0.29) is 6.42 Å².